The second-order valence-electron chi connectivity index (χ2n) is 9.54. The monoisotopic (exact) mass is 402 g/mol. The van der Waals surface area contributed by atoms with Crippen LogP contribution in [0.5, 0.6) is 0 Å². The SMILES string of the molecule is CC(C)(C)[Si](C)(C)O[C@]1(O)CC=c2ccccc2=C1c1cccc2ccccc12. The smallest absolute Gasteiger partial charge is 0.196 e. The van der Waals surface area contributed by atoms with Gasteiger partial charge in [0.05, 0.1) is 0 Å². The Labute approximate surface area is 174 Å². The van der Waals surface area contributed by atoms with Gasteiger partial charge in [-0.1, -0.05) is 93.6 Å². The molecule has 0 saturated heterocycles. The van der Waals surface area contributed by atoms with E-state index in [0.717, 1.165) is 27.0 Å². The van der Waals surface area contributed by atoms with Crippen LogP contribution >= 0.6 is 0 Å². The van der Waals surface area contributed by atoms with Gasteiger partial charge in [0, 0.05) is 12.0 Å². The Bertz CT molecular complexity index is 1180. The van der Waals surface area contributed by atoms with Crippen molar-refractivity contribution in [2.75, 3.05) is 0 Å². The van der Waals surface area contributed by atoms with E-state index in [4.69, 9.17) is 4.43 Å². The Hall–Kier alpha value is -2.20. The normalized spacial score (nSPS) is 19.7. The maximum atomic E-state index is 12.0. The molecular formula is C26H30O2Si. The quantitative estimate of drug-likeness (QED) is 0.497. The van der Waals surface area contributed by atoms with Gasteiger partial charge in [-0.15, -0.1) is 0 Å². The zero-order valence-electron chi connectivity index (χ0n) is 18.0. The second-order valence-corrected chi connectivity index (χ2v) is 14.3. The van der Waals surface area contributed by atoms with E-state index in [0.29, 0.717) is 6.42 Å². The first-order valence-electron chi connectivity index (χ1n) is 10.3. The lowest BCUT2D eigenvalue weighted by Gasteiger charge is -2.44. The molecule has 4 rings (SSSR count). The van der Waals surface area contributed by atoms with Crippen LogP contribution in [0.2, 0.25) is 18.1 Å². The molecule has 0 saturated carbocycles. The van der Waals surface area contributed by atoms with Crippen LogP contribution in [-0.4, -0.2) is 19.2 Å². The molecule has 0 aliphatic heterocycles. The molecular weight excluding hydrogens is 372 g/mol. The lowest BCUT2D eigenvalue weighted by atomic mass is 9.86. The average molecular weight is 403 g/mol. The fourth-order valence-corrected chi connectivity index (χ4v) is 5.27. The number of hydrogen-bond donors (Lipinski definition) is 1. The first-order valence-corrected chi connectivity index (χ1v) is 13.2. The van der Waals surface area contributed by atoms with Gasteiger partial charge in [0.2, 0.25) is 0 Å². The van der Waals surface area contributed by atoms with Gasteiger partial charge >= 0.3 is 0 Å². The molecule has 1 atom stereocenters. The van der Waals surface area contributed by atoms with E-state index < -0.39 is 14.1 Å². The van der Waals surface area contributed by atoms with Crippen molar-refractivity contribution >= 4 is 30.7 Å². The minimum atomic E-state index is -2.22. The lowest BCUT2D eigenvalue weighted by Crippen LogP contribution is -2.53. The summed E-state index contributed by atoms with van der Waals surface area (Å²) in [5.41, 5.74) is 1.93. The summed E-state index contributed by atoms with van der Waals surface area (Å²) in [5.74, 6) is -1.35. The molecule has 0 fully saturated rings. The van der Waals surface area contributed by atoms with E-state index in [1.807, 2.05) is 6.07 Å². The molecule has 3 heteroatoms. The van der Waals surface area contributed by atoms with Crippen LogP contribution in [0.4, 0.5) is 0 Å². The van der Waals surface area contributed by atoms with Gasteiger partial charge in [-0.2, -0.15) is 0 Å². The molecule has 0 bridgehead atoms. The number of hydrogen-bond acceptors (Lipinski definition) is 2. The fraction of sp³-hybridized carbons (Fsp3) is 0.308. The van der Waals surface area contributed by atoms with Gasteiger partial charge in [-0.05, 0) is 44.9 Å². The number of benzene rings is 3. The summed E-state index contributed by atoms with van der Waals surface area (Å²) in [5, 5.41) is 16.5. The molecule has 0 amide bonds. The van der Waals surface area contributed by atoms with E-state index in [1.165, 1.54) is 5.39 Å². The molecule has 3 aromatic carbocycles. The highest BCUT2D eigenvalue weighted by atomic mass is 28.4. The molecule has 1 N–H and O–H groups in total. The van der Waals surface area contributed by atoms with Crippen molar-refractivity contribution in [2.24, 2.45) is 0 Å². The summed E-state index contributed by atoms with van der Waals surface area (Å²) in [6.45, 7) is 11.0. The van der Waals surface area contributed by atoms with Crippen LogP contribution in [0.3, 0.4) is 0 Å². The molecule has 0 spiro atoms. The summed E-state index contributed by atoms with van der Waals surface area (Å²) in [6, 6.07) is 23.0. The van der Waals surface area contributed by atoms with Crippen molar-refractivity contribution in [1.82, 2.24) is 0 Å². The molecule has 2 nitrogen and oxygen atoms in total. The van der Waals surface area contributed by atoms with E-state index >= 15 is 0 Å². The molecule has 1 aliphatic carbocycles. The van der Waals surface area contributed by atoms with Gasteiger partial charge in [0.25, 0.3) is 0 Å². The maximum Gasteiger partial charge on any atom is 0.196 e. The first kappa shape index (κ1) is 20.1. The van der Waals surface area contributed by atoms with Gasteiger partial charge in [-0.3, -0.25) is 0 Å². The van der Waals surface area contributed by atoms with Crippen molar-refractivity contribution in [3.63, 3.8) is 0 Å². The number of rotatable bonds is 3. The molecule has 29 heavy (non-hydrogen) atoms. The van der Waals surface area contributed by atoms with Crippen LogP contribution < -0.4 is 10.4 Å². The maximum absolute atomic E-state index is 12.0. The molecule has 0 heterocycles. The Morgan fingerprint density at radius 2 is 1.55 bits per heavy atom. The molecule has 1 aliphatic rings. The summed E-state index contributed by atoms with van der Waals surface area (Å²) in [6.07, 6.45) is 2.56. The van der Waals surface area contributed by atoms with Gasteiger partial charge in [0.1, 0.15) is 0 Å². The number of aliphatic hydroxyl groups is 1. The Balaban J connectivity index is 2.03. The van der Waals surface area contributed by atoms with E-state index in [9.17, 15) is 5.11 Å². The van der Waals surface area contributed by atoms with Crippen molar-refractivity contribution < 1.29 is 9.53 Å². The zero-order valence-corrected chi connectivity index (χ0v) is 19.0. The minimum absolute atomic E-state index is 0.00353. The zero-order chi connectivity index (χ0) is 20.9. The van der Waals surface area contributed by atoms with Gasteiger partial charge < -0.3 is 9.53 Å². The Morgan fingerprint density at radius 1 is 0.897 bits per heavy atom. The largest absolute Gasteiger partial charge is 0.386 e. The van der Waals surface area contributed by atoms with E-state index in [2.05, 4.69) is 101 Å². The third-order valence-electron chi connectivity index (χ3n) is 6.51. The standard InChI is InChI=1S/C26H30O2Si/c1-25(2,3)29(4,5)28-26(27)18-17-20-12-7-9-15-22(20)24(26)23-16-10-13-19-11-6-8-14-21(19)23/h6-17,27H,18H2,1-5H3/t26-/m1/s1. The molecule has 0 radical (unpaired) electrons. The number of fused-ring (bicyclic) bond motifs is 2. The predicted molar refractivity (Wildman–Crippen MR) is 124 cm³/mol. The first-order chi connectivity index (χ1) is 13.6. The lowest BCUT2D eigenvalue weighted by molar-refractivity contribution is -0.0900. The second kappa shape index (κ2) is 6.94. The van der Waals surface area contributed by atoms with Crippen molar-refractivity contribution in [2.45, 2.75) is 51.1 Å². The highest BCUT2D eigenvalue weighted by Gasteiger charge is 2.46. The van der Waals surface area contributed by atoms with Crippen LogP contribution in [-0.2, 0) is 4.43 Å². The predicted octanol–water partition coefficient (Wildman–Crippen LogP) is 4.93. The molecule has 150 valence electrons. The van der Waals surface area contributed by atoms with Crippen LogP contribution in [0.25, 0.3) is 22.4 Å². The van der Waals surface area contributed by atoms with Gasteiger partial charge in [0.15, 0.2) is 14.1 Å². The summed E-state index contributed by atoms with van der Waals surface area (Å²) < 4.78 is 6.73. The molecule has 0 unspecified atom stereocenters. The van der Waals surface area contributed by atoms with Crippen molar-refractivity contribution in [3.8, 4) is 0 Å². The Kier molecular flexibility index (Phi) is 4.81. The topological polar surface area (TPSA) is 29.5 Å². The van der Waals surface area contributed by atoms with E-state index in [-0.39, 0.29) is 5.04 Å². The minimum Gasteiger partial charge on any atom is -0.386 e. The van der Waals surface area contributed by atoms with Gasteiger partial charge in [-0.25, -0.2) is 0 Å². The fourth-order valence-electron chi connectivity index (χ4n) is 3.93. The average Bonchev–Trinajstić information content (AvgIpc) is 2.66. The Morgan fingerprint density at radius 3 is 2.31 bits per heavy atom. The van der Waals surface area contributed by atoms with Crippen LogP contribution in [0.1, 0.15) is 32.8 Å². The summed E-state index contributed by atoms with van der Waals surface area (Å²) in [4.78, 5) is 0. The van der Waals surface area contributed by atoms with Crippen LogP contribution in [0, 0.1) is 0 Å². The van der Waals surface area contributed by atoms with Crippen molar-refractivity contribution in [3.05, 3.63) is 82.7 Å². The highest BCUT2D eigenvalue weighted by molar-refractivity contribution is 6.74. The summed E-state index contributed by atoms with van der Waals surface area (Å²) in [7, 11) is -2.22. The third kappa shape index (κ3) is 3.48. The molecule has 3 aromatic rings. The van der Waals surface area contributed by atoms with E-state index in [1.54, 1.807) is 0 Å². The van der Waals surface area contributed by atoms with Crippen molar-refractivity contribution in [1.29, 1.82) is 0 Å². The third-order valence-corrected chi connectivity index (χ3v) is 11.0. The summed E-state index contributed by atoms with van der Waals surface area (Å²) >= 11 is 0. The highest BCUT2D eigenvalue weighted by Crippen LogP contribution is 2.43. The van der Waals surface area contributed by atoms with Crippen LogP contribution in [0.15, 0.2) is 66.7 Å². The molecule has 0 aromatic heterocycles.